The number of oxime groups is 2. The maximum absolute atomic E-state index is 13.4. The van der Waals surface area contributed by atoms with Crippen LogP contribution in [0.25, 0.3) is 0 Å². The number of aryl methyl sites for hydroxylation is 1. The van der Waals surface area contributed by atoms with Gasteiger partial charge in [-0.25, -0.2) is 4.39 Å². The number of amides is 1. The van der Waals surface area contributed by atoms with Gasteiger partial charge in [-0.3, -0.25) is 4.79 Å². The van der Waals surface area contributed by atoms with Crippen LogP contribution >= 0.6 is 0 Å². The molecule has 2 rings (SSSR count). The number of carbonyl (C=O) groups excluding carboxylic acids is 1. The fourth-order valence-electron chi connectivity index (χ4n) is 2.79. The van der Waals surface area contributed by atoms with Gasteiger partial charge in [0, 0.05) is 29.8 Å². The molecule has 0 heterocycles. The van der Waals surface area contributed by atoms with Crippen LogP contribution in [-0.2, 0) is 21.1 Å². The highest BCUT2D eigenvalue weighted by atomic mass is 19.4. The number of likely N-dealkylation sites (N-methyl/N-ethyl adjacent to an activating group) is 1. The Labute approximate surface area is 181 Å². The minimum Gasteiger partial charge on any atom is -0.405 e. The molecule has 0 saturated carbocycles. The van der Waals surface area contributed by atoms with Crippen molar-refractivity contribution in [2.24, 2.45) is 10.3 Å². The average molecular weight is 455 g/mol. The number of nitrogens with zero attached hydrogens (tertiary/aromatic N) is 2. The van der Waals surface area contributed by atoms with Gasteiger partial charge >= 0.3 is 6.36 Å². The first-order chi connectivity index (χ1) is 15.1. The van der Waals surface area contributed by atoms with Crippen LogP contribution in [0.3, 0.4) is 0 Å². The van der Waals surface area contributed by atoms with E-state index in [0.29, 0.717) is 17.2 Å². The van der Waals surface area contributed by atoms with Crippen LogP contribution in [0.2, 0.25) is 0 Å². The first-order valence-electron chi connectivity index (χ1n) is 9.21. The Kier molecular flexibility index (Phi) is 8.16. The van der Waals surface area contributed by atoms with Gasteiger partial charge in [0.05, 0.1) is 5.71 Å². The third-order valence-electron chi connectivity index (χ3n) is 4.26. The molecule has 1 amide bonds. The zero-order chi connectivity index (χ0) is 23.9. The molecule has 0 atom stereocenters. The summed E-state index contributed by atoms with van der Waals surface area (Å²) >= 11 is 0. The van der Waals surface area contributed by atoms with Crippen molar-refractivity contribution in [2.75, 3.05) is 14.2 Å². The number of ether oxygens (including phenoxy) is 1. The van der Waals surface area contributed by atoms with E-state index in [1.807, 2.05) is 0 Å². The van der Waals surface area contributed by atoms with Crippen molar-refractivity contribution < 1.29 is 36.8 Å². The summed E-state index contributed by atoms with van der Waals surface area (Å²) in [6.45, 7) is 3.04. The van der Waals surface area contributed by atoms with E-state index < -0.39 is 23.8 Å². The second-order valence-corrected chi connectivity index (χ2v) is 6.44. The molecule has 0 radical (unpaired) electrons. The Balaban J connectivity index is 2.33. The molecule has 0 spiro atoms. The Hall–Kier alpha value is -3.63. The number of carbonyl (C=O) groups is 1. The number of rotatable bonds is 8. The maximum atomic E-state index is 13.4. The topological polar surface area (TPSA) is 81.5 Å². The van der Waals surface area contributed by atoms with E-state index in [-0.39, 0.29) is 23.6 Å². The Morgan fingerprint density at radius 2 is 1.84 bits per heavy atom. The van der Waals surface area contributed by atoms with Gasteiger partial charge in [0.25, 0.3) is 5.91 Å². The van der Waals surface area contributed by atoms with E-state index in [2.05, 4.69) is 20.4 Å². The molecule has 0 saturated heterocycles. The molecule has 0 aromatic heterocycles. The van der Waals surface area contributed by atoms with Crippen molar-refractivity contribution in [3.8, 4) is 5.75 Å². The predicted molar refractivity (Wildman–Crippen MR) is 109 cm³/mol. The minimum absolute atomic E-state index is 0.0115. The monoisotopic (exact) mass is 455 g/mol. The summed E-state index contributed by atoms with van der Waals surface area (Å²) < 4.78 is 55.2. The summed E-state index contributed by atoms with van der Waals surface area (Å²) in [5.41, 5.74) is 1.69. The van der Waals surface area contributed by atoms with E-state index in [4.69, 9.17) is 9.68 Å². The van der Waals surface area contributed by atoms with Gasteiger partial charge in [-0.1, -0.05) is 28.5 Å². The van der Waals surface area contributed by atoms with Gasteiger partial charge in [-0.05, 0) is 31.5 Å². The fourth-order valence-corrected chi connectivity index (χ4v) is 2.79. The highest BCUT2D eigenvalue weighted by molar-refractivity contribution is 6.45. The van der Waals surface area contributed by atoms with Gasteiger partial charge in [0.2, 0.25) is 0 Å². The largest absolute Gasteiger partial charge is 0.573 e. The second-order valence-electron chi connectivity index (χ2n) is 6.44. The van der Waals surface area contributed by atoms with Crippen molar-refractivity contribution >= 4 is 17.3 Å². The lowest BCUT2D eigenvalue weighted by molar-refractivity contribution is -0.274. The molecule has 2 aromatic carbocycles. The Morgan fingerprint density at radius 1 is 1.12 bits per heavy atom. The first kappa shape index (κ1) is 24.6. The Morgan fingerprint density at radius 3 is 2.47 bits per heavy atom. The molecule has 0 aliphatic rings. The van der Waals surface area contributed by atoms with Crippen molar-refractivity contribution in [2.45, 2.75) is 26.8 Å². The maximum Gasteiger partial charge on any atom is 0.573 e. The van der Waals surface area contributed by atoms with E-state index in [1.54, 1.807) is 25.1 Å². The van der Waals surface area contributed by atoms with Gasteiger partial charge in [0.15, 0.2) is 5.71 Å². The third-order valence-corrected chi connectivity index (χ3v) is 4.26. The van der Waals surface area contributed by atoms with Crippen LogP contribution in [0.4, 0.5) is 17.6 Å². The van der Waals surface area contributed by atoms with Crippen molar-refractivity contribution in [3.05, 3.63) is 64.5 Å². The lowest BCUT2D eigenvalue weighted by Gasteiger charge is -2.14. The number of nitrogens with one attached hydrogen (secondary N) is 1. The first-order valence-corrected chi connectivity index (χ1v) is 9.21. The van der Waals surface area contributed by atoms with E-state index >= 15 is 0 Å². The standard InChI is InChI=1S/C21H21F4N3O4/c1-12-6-5-7-16(19(28-30-4)20(29)26-3)17(12)11-31-27-13(2)15-9-8-14(22)10-18(15)32-21(23,24)25/h5-10H,11H2,1-4H3,(H,26,29)/b27-13+,28-19+. The third kappa shape index (κ3) is 6.43. The molecular weight excluding hydrogens is 434 g/mol. The summed E-state index contributed by atoms with van der Waals surface area (Å²) in [7, 11) is 2.74. The average Bonchev–Trinajstić information content (AvgIpc) is 2.71. The smallest absolute Gasteiger partial charge is 0.405 e. The molecule has 2 aromatic rings. The molecule has 0 unspecified atom stereocenters. The molecule has 11 heteroatoms. The molecule has 32 heavy (non-hydrogen) atoms. The number of hydrogen-bond acceptors (Lipinski definition) is 6. The molecule has 172 valence electrons. The number of benzene rings is 2. The zero-order valence-corrected chi connectivity index (χ0v) is 17.7. The molecule has 1 N–H and O–H groups in total. The van der Waals surface area contributed by atoms with Crippen molar-refractivity contribution in [3.63, 3.8) is 0 Å². The van der Waals surface area contributed by atoms with E-state index in [1.165, 1.54) is 21.1 Å². The highest BCUT2D eigenvalue weighted by Gasteiger charge is 2.32. The molecule has 0 fully saturated rings. The number of alkyl halides is 3. The molecule has 0 aliphatic carbocycles. The lowest BCUT2D eigenvalue weighted by atomic mass is 9.98. The van der Waals surface area contributed by atoms with Crippen LogP contribution in [0.1, 0.15) is 29.2 Å². The van der Waals surface area contributed by atoms with Crippen molar-refractivity contribution in [1.82, 2.24) is 5.32 Å². The van der Waals surface area contributed by atoms with E-state index in [0.717, 1.165) is 17.7 Å². The molecular formula is C21H21F4N3O4. The highest BCUT2D eigenvalue weighted by Crippen LogP contribution is 2.28. The summed E-state index contributed by atoms with van der Waals surface area (Å²) in [5, 5.41) is 10.1. The van der Waals surface area contributed by atoms with Gasteiger partial charge in [0.1, 0.15) is 25.3 Å². The van der Waals surface area contributed by atoms with Crippen LogP contribution in [0.5, 0.6) is 5.75 Å². The number of halogens is 4. The van der Waals surface area contributed by atoms with Crippen LogP contribution in [0, 0.1) is 12.7 Å². The summed E-state index contributed by atoms with van der Waals surface area (Å²) in [6, 6.07) is 7.84. The predicted octanol–water partition coefficient (Wildman–Crippen LogP) is 4.07. The van der Waals surface area contributed by atoms with E-state index in [9.17, 15) is 22.4 Å². The lowest BCUT2D eigenvalue weighted by Crippen LogP contribution is -2.29. The van der Waals surface area contributed by atoms with Crippen LogP contribution in [0.15, 0.2) is 46.7 Å². The van der Waals surface area contributed by atoms with Gasteiger partial charge < -0.3 is 19.7 Å². The SMILES string of the molecule is CNC(=O)/C(=N/OC)c1cccc(C)c1CO/N=C(\C)c1ccc(F)cc1OC(F)(F)F. The Bertz CT molecular complexity index is 1040. The zero-order valence-electron chi connectivity index (χ0n) is 17.7. The molecule has 7 nitrogen and oxygen atoms in total. The second kappa shape index (κ2) is 10.6. The fraction of sp³-hybridized carbons (Fsp3) is 0.286. The van der Waals surface area contributed by atoms with Gasteiger partial charge in [-0.15, -0.1) is 13.2 Å². The van der Waals surface area contributed by atoms with Crippen molar-refractivity contribution in [1.29, 1.82) is 0 Å². The normalized spacial score (nSPS) is 12.4. The van der Waals surface area contributed by atoms with Crippen LogP contribution < -0.4 is 10.1 Å². The summed E-state index contributed by atoms with van der Waals surface area (Å²) in [5.74, 6) is -2.13. The number of hydrogen-bond donors (Lipinski definition) is 1. The summed E-state index contributed by atoms with van der Waals surface area (Å²) in [6.07, 6.45) is -5.00. The molecule has 0 bridgehead atoms. The molecule has 0 aliphatic heterocycles. The van der Waals surface area contributed by atoms with Gasteiger partial charge in [-0.2, -0.15) is 0 Å². The summed E-state index contributed by atoms with van der Waals surface area (Å²) in [4.78, 5) is 22.3. The quantitative estimate of drug-likeness (QED) is 0.370. The minimum atomic E-state index is -5.00. The van der Waals surface area contributed by atoms with Crippen LogP contribution in [-0.4, -0.2) is 37.9 Å².